The Labute approximate surface area is 204 Å². The smallest absolute Gasteiger partial charge is 0.305 e. The largest absolute Gasteiger partial charge is 0.481 e. The average Bonchev–Trinajstić information content (AvgIpc) is 2.86. The van der Waals surface area contributed by atoms with Crippen LogP contribution in [0.3, 0.4) is 0 Å². The van der Waals surface area contributed by atoms with Gasteiger partial charge in [-0.05, 0) is 43.5 Å². The molecule has 1 atom stereocenters. The molecule has 12 heteroatoms. The zero-order chi connectivity index (χ0) is 26.4. The van der Waals surface area contributed by atoms with E-state index in [0.717, 1.165) is 0 Å². The van der Waals surface area contributed by atoms with Crippen LogP contribution in [0, 0.1) is 30.3 Å². The Bertz CT molecular complexity index is 1130. The van der Waals surface area contributed by atoms with Crippen molar-refractivity contribution in [3.63, 3.8) is 0 Å². The lowest BCUT2D eigenvalue weighted by molar-refractivity contribution is -0.141. The van der Waals surface area contributed by atoms with Gasteiger partial charge in [0.2, 0.25) is 11.7 Å². The Morgan fingerprint density at radius 2 is 1.86 bits per heavy atom. The van der Waals surface area contributed by atoms with Crippen LogP contribution in [0.15, 0.2) is 30.5 Å². The van der Waals surface area contributed by atoms with Gasteiger partial charge >= 0.3 is 5.97 Å². The van der Waals surface area contributed by atoms with Crippen LogP contribution in [0.2, 0.25) is 0 Å². The molecule has 1 aromatic heterocycles. The number of pyridine rings is 1. The minimum absolute atomic E-state index is 0.250. The minimum Gasteiger partial charge on any atom is -0.481 e. The van der Waals surface area contributed by atoms with Gasteiger partial charge in [0.1, 0.15) is 18.3 Å². The van der Waals surface area contributed by atoms with Gasteiger partial charge in [0.05, 0.1) is 6.42 Å². The molecule has 9 nitrogen and oxygen atoms in total. The molecule has 2 amide bonds. The number of aryl methyl sites for hydroxylation is 1. The SMILES string of the molecule is Cc1cc(F)c(F)c(OCC(=O)[C@H](CC(=O)O)NC(=O)C2CCN(C(=O)c3ccccn3)CC2)c1F. The van der Waals surface area contributed by atoms with E-state index in [1.54, 1.807) is 23.1 Å². The third kappa shape index (κ3) is 6.37. The third-order valence-electron chi connectivity index (χ3n) is 5.78. The summed E-state index contributed by atoms with van der Waals surface area (Å²) in [6.07, 6.45) is 1.24. The van der Waals surface area contributed by atoms with E-state index in [-0.39, 0.29) is 43.1 Å². The van der Waals surface area contributed by atoms with Crippen molar-refractivity contribution in [3.8, 4) is 5.75 Å². The predicted octanol–water partition coefficient (Wildman–Crippen LogP) is 2.27. The van der Waals surface area contributed by atoms with Gasteiger partial charge in [0.25, 0.3) is 5.91 Å². The molecule has 192 valence electrons. The first-order chi connectivity index (χ1) is 17.1. The minimum atomic E-state index is -1.63. The average molecular weight is 507 g/mol. The summed E-state index contributed by atoms with van der Waals surface area (Å²) in [6, 6.07) is 4.03. The van der Waals surface area contributed by atoms with Gasteiger partial charge in [-0.2, -0.15) is 4.39 Å². The summed E-state index contributed by atoms with van der Waals surface area (Å²) in [5.41, 5.74) is 0.0218. The lowest BCUT2D eigenvalue weighted by Crippen LogP contribution is -2.49. The van der Waals surface area contributed by atoms with Gasteiger partial charge in [-0.25, -0.2) is 8.78 Å². The van der Waals surface area contributed by atoms with Gasteiger partial charge in [-0.1, -0.05) is 6.07 Å². The zero-order valence-corrected chi connectivity index (χ0v) is 19.3. The highest BCUT2D eigenvalue weighted by Crippen LogP contribution is 2.27. The van der Waals surface area contributed by atoms with E-state index >= 15 is 0 Å². The van der Waals surface area contributed by atoms with Gasteiger partial charge in [0, 0.05) is 25.2 Å². The number of amides is 2. The molecule has 1 aliphatic heterocycles. The Kier molecular flexibility index (Phi) is 8.62. The molecule has 36 heavy (non-hydrogen) atoms. The van der Waals surface area contributed by atoms with Gasteiger partial charge < -0.3 is 20.1 Å². The molecule has 2 N–H and O–H groups in total. The molecule has 1 aliphatic rings. The number of halogens is 3. The number of carbonyl (C=O) groups is 4. The fourth-order valence-corrected chi connectivity index (χ4v) is 3.78. The summed E-state index contributed by atoms with van der Waals surface area (Å²) in [7, 11) is 0. The highest BCUT2D eigenvalue weighted by molar-refractivity contribution is 5.94. The molecule has 1 fully saturated rings. The summed E-state index contributed by atoms with van der Waals surface area (Å²) < 4.78 is 46.4. The van der Waals surface area contributed by atoms with E-state index < -0.39 is 65.8 Å². The Morgan fingerprint density at radius 3 is 2.47 bits per heavy atom. The van der Waals surface area contributed by atoms with Crippen molar-refractivity contribution >= 4 is 23.6 Å². The first-order valence-electron chi connectivity index (χ1n) is 11.1. The molecule has 1 aromatic carbocycles. The first-order valence-corrected chi connectivity index (χ1v) is 11.1. The maximum atomic E-state index is 14.1. The number of likely N-dealkylation sites (tertiary alicyclic amines) is 1. The number of carboxylic acid groups (broad SMARTS) is 1. The molecule has 0 saturated carbocycles. The van der Waals surface area contributed by atoms with E-state index in [2.05, 4.69) is 10.3 Å². The number of carboxylic acids is 1. The number of ether oxygens (including phenoxy) is 1. The Morgan fingerprint density at radius 1 is 1.17 bits per heavy atom. The van der Waals surface area contributed by atoms with E-state index in [1.807, 2.05) is 0 Å². The second kappa shape index (κ2) is 11.6. The van der Waals surface area contributed by atoms with Crippen molar-refractivity contribution in [2.75, 3.05) is 19.7 Å². The van der Waals surface area contributed by atoms with Crippen LogP contribution in [0.5, 0.6) is 5.75 Å². The molecule has 2 heterocycles. The monoisotopic (exact) mass is 507 g/mol. The van der Waals surface area contributed by atoms with Gasteiger partial charge in [0.15, 0.2) is 23.2 Å². The van der Waals surface area contributed by atoms with Crippen LogP contribution >= 0.6 is 0 Å². The number of benzene rings is 1. The van der Waals surface area contributed by atoms with E-state index in [9.17, 15) is 32.3 Å². The lowest BCUT2D eigenvalue weighted by atomic mass is 9.94. The number of Topliss-reactive ketones (excluding diaryl/α,β-unsaturated/α-hetero) is 1. The molecule has 0 aliphatic carbocycles. The second-order valence-corrected chi connectivity index (χ2v) is 8.33. The fourth-order valence-electron chi connectivity index (χ4n) is 3.78. The van der Waals surface area contributed by atoms with Crippen molar-refractivity contribution in [2.24, 2.45) is 5.92 Å². The number of hydrogen-bond acceptors (Lipinski definition) is 6. The molecule has 0 unspecified atom stereocenters. The molecule has 2 aromatic rings. The summed E-state index contributed by atoms with van der Waals surface area (Å²) in [4.78, 5) is 54.6. The van der Waals surface area contributed by atoms with Crippen molar-refractivity contribution in [2.45, 2.75) is 32.2 Å². The normalized spacial score (nSPS) is 14.7. The number of hydrogen-bond donors (Lipinski definition) is 2. The summed E-state index contributed by atoms with van der Waals surface area (Å²) in [5, 5.41) is 11.5. The number of aromatic nitrogens is 1. The number of ketones is 1. The molecular weight excluding hydrogens is 483 g/mol. The molecule has 0 radical (unpaired) electrons. The topological polar surface area (TPSA) is 126 Å². The fraction of sp³-hybridized carbons (Fsp3) is 0.375. The highest BCUT2D eigenvalue weighted by atomic mass is 19.2. The lowest BCUT2D eigenvalue weighted by Gasteiger charge is -2.31. The van der Waals surface area contributed by atoms with Crippen molar-refractivity contribution < 1.29 is 42.2 Å². The van der Waals surface area contributed by atoms with Gasteiger partial charge in [-0.3, -0.25) is 24.2 Å². The zero-order valence-electron chi connectivity index (χ0n) is 19.3. The quantitative estimate of drug-likeness (QED) is 0.499. The van der Waals surface area contributed by atoms with Crippen LogP contribution < -0.4 is 10.1 Å². The van der Waals surface area contributed by atoms with Crippen molar-refractivity contribution in [1.82, 2.24) is 15.2 Å². The maximum absolute atomic E-state index is 14.1. The third-order valence-corrected chi connectivity index (χ3v) is 5.78. The number of aliphatic carboxylic acids is 1. The standard InChI is InChI=1S/C24H24F3N3O6/c1-13-10-15(25)21(27)22(20(13)26)36-12-18(31)17(11-19(32)33)29-23(34)14-5-8-30(9-6-14)24(35)16-4-2-3-7-28-16/h2-4,7,10,14,17H,5-6,8-9,11-12H2,1H3,(H,29,34)(H,32,33)/t17-/m0/s1. The van der Waals surface area contributed by atoms with E-state index in [1.165, 1.54) is 13.1 Å². The molecule has 0 bridgehead atoms. The van der Waals surface area contributed by atoms with Crippen LogP contribution in [0.25, 0.3) is 0 Å². The van der Waals surface area contributed by atoms with Crippen LogP contribution in [0.1, 0.15) is 35.3 Å². The van der Waals surface area contributed by atoms with Crippen LogP contribution in [-0.4, -0.2) is 64.3 Å². The summed E-state index contributed by atoms with van der Waals surface area (Å²) in [5.74, 6) is -9.15. The predicted molar refractivity (Wildman–Crippen MR) is 119 cm³/mol. The molecular formula is C24H24F3N3O6. The highest BCUT2D eigenvalue weighted by Gasteiger charge is 2.32. The summed E-state index contributed by atoms with van der Waals surface area (Å²) in [6.45, 7) is 0.693. The Balaban J connectivity index is 1.59. The van der Waals surface area contributed by atoms with E-state index in [0.29, 0.717) is 6.07 Å². The van der Waals surface area contributed by atoms with E-state index in [4.69, 9.17) is 9.84 Å². The number of nitrogens with zero attached hydrogens (tertiary/aromatic N) is 2. The van der Waals surface area contributed by atoms with Gasteiger partial charge in [-0.15, -0.1) is 0 Å². The molecule has 1 saturated heterocycles. The Hall–Kier alpha value is -3.96. The number of piperidine rings is 1. The maximum Gasteiger partial charge on any atom is 0.305 e. The van der Waals surface area contributed by atoms with Crippen molar-refractivity contribution in [3.05, 3.63) is 59.2 Å². The number of carbonyl (C=O) groups excluding carboxylic acids is 3. The summed E-state index contributed by atoms with van der Waals surface area (Å²) >= 11 is 0. The van der Waals surface area contributed by atoms with Crippen molar-refractivity contribution in [1.29, 1.82) is 0 Å². The number of rotatable bonds is 9. The van der Waals surface area contributed by atoms with Crippen LogP contribution in [-0.2, 0) is 14.4 Å². The van der Waals surface area contributed by atoms with Crippen LogP contribution in [0.4, 0.5) is 13.2 Å². The first kappa shape index (κ1) is 26.6. The second-order valence-electron chi connectivity index (χ2n) is 8.33. The molecule has 3 rings (SSSR count). The number of nitrogens with one attached hydrogen (secondary N) is 1. The molecule has 0 spiro atoms.